The smallest absolute Gasteiger partial charge is 0.270 e. The van der Waals surface area contributed by atoms with Gasteiger partial charge in [0.1, 0.15) is 10.8 Å². The van der Waals surface area contributed by atoms with E-state index >= 15 is 0 Å². The van der Waals surface area contributed by atoms with Gasteiger partial charge in [0.2, 0.25) is 5.13 Å². The minimum Gasteiger partial charge on any atom is -0.296 e. The molecule has 3 aromatic rings. The molecule has 144 valence electrons. The first-order chi connectivity index (χ1) is 13.3. The number of aromatic nitrogens is 2. The third-order valence-electron chi connectivity index (χ3n) is 3.51. The Kier molecular flexibility index (Phi) is 5.68. The predicted molar refractivity (Wildman–Crippen MR) is 103 cm³/mol. The Morgan fingerprint density at radius 3 is 2.54 bits per heavy atom. The molecule has 9 nitrogen and oxygen atoms in total. The van der Waals surface area contributed by atoms with Crippen LogP contribution >= 0.6 is 22.9 Å². The highest BCUT2D eigenvalue weighted by Crippen LogP contribution is 2.25. The fourth-order valence-corrected chi connectivity index (χ4v) is 4.82. The van der Waals surface area contributed by atoms with Gasteiger partial charge < -0.3 is 0 Å². The standard InChI is InChI=1S/C16H11ClN4O5S2/c17-13-8-10(21(23)24)6-7-12(13)15(22)18-16-20-19-14(27-16)9-28(25,26)11-4-2-1-3-5-11/h1-8H,9H2,(H,18,20,22). The molecule has 0 fully saturated rings. The van der Waals surface area contributed by atoms with Gasteiger partial charge in [-0.1, -0.05) is 41.1 Å². The van der Waals surface area contributed by atoms with Gasteiger partial charge in [-0.05, 0) is 18.2 Å². The van der Waals surface area contributed by atoms with Gasteiger partial charge in [0.25, 0.3) is 11.6 Å². The quantitative estimate of drug-likeness (QED) is 0.461. The van der Waals surface area contributed by atoms with Gasteiger partial charge in [-0.15, -0.1) is 10.2 Å². The molecule has 0 saturated carbocycles. The second kappa shape index (κ2) is 8.00. The molecule has 0 aliphatic heterocycles. The van der Waals surface area contributed by atoms with Crippen LogP contribution in [0.25, 0.3) is 0 Å². The number of halogens is 1. The van der Waals surface area contributed by atoms with Crippen molar-refractivity contribution in [3.63, 3.8) is 0 Å². The average Bonchev–Trinajstić information content (AvgIpc) is 3.08. The predicted octanol–water partition coefficient (Wildman–Crippen LogP) is 3.33. The fourth-order valence-electron chi connectivity index (χ4n) is 2.20. The second-order valence-electron chi connectivity index (χ2n) is 5.45. The monoisotopic (exact) mass is 438 g/mol. The van der Waals surface area contributed by atoms with Gasteiger partial charge >= 0.3 is 0 Å². The molecule has 12 heteroatoms. The Labute approximate surface area is 168 Å². The van der Waals surface area contributed by atoms with Gasteiger partial charge in [0, 0.05) is 12.1 Å². The van der Waals surface area contributed by atoms with Crippen LogP contribution in [0, 0.1) is 10.1 Å². The molecular weight excluding hydrogens is 428 g/mol. The van der Waals surface area contributed by atoms with Crippen molar-refractivity contribution in [3.8, 4) is 0 Å². The number of benzene rings is 2. The average molecular weight is 439 g/mol. The maximum atomic E-state index is 12.4. The first-order valence-electron chi connectivity index (χ1n) is 7.62. The molecule has 0 atom stereocenters. The van der Waals surface area contributed by atoms with Crippen LogP contribution in [0.15, 0.2) is 53.4 Å². The largest absolute Gasteiger partial charge is 0.296 e. The van der Waals surface area contributed by atoms with Crippen LogP contribution in [0.1, 0.15) is 15.4 Å². The number of non-ortho nitro benzene ring substituents is 1. The number of nitro benzene ring substituents is 1. The molecule has 0 aliphatic carbocycles. The lowest BCUT2D eigenvalue weighted by Gasteiger charge is -2.03. The Bertz CT molecular complexity index is 1150. The molecule has 0 saturated heterocycles. The number of rotatable bonds is 6. The van der Waals surface area contributed by atoms with E-state index in [1.54, 1.807) is 18.2 Å². The maximum absolute atomic E-state index is 12.4. The summed E-state index contributed by atoms with van der Waals surface area (Å²) >= 11 is 6.82. The highest BCUT2D eigenvalue weighted by Gasteiger charge is 2.20. The maximum Gasteiger partial charge on any atom is 0.270 e. The topological polar surface area (TPSA) is 132 Å². The van der Waals surface area contributed by atoms with Gasteiger partial charge in [0.05, 0.1) is 20.4 Å². The highest BCUT2D eigenvalue weighted by atomic mass is 35.5. The zero-order chi connectivity index (χ0) is 20.3. The van der Waals surface area contributed by atoms with Crippen LogP contribution in [0.5, 0.6) is 0 Å². The fraction of sp³-hybridized carbons (Fsp3) is 0.0625. The lowest BCUT2D eigenvalue weighted by Crippen LogP contribution is -2.12. The van der Waals surface area contributed by atoms with E-state index < -0.39 is 20.7 Å². The summed E-state index contributed by atoms with van der Waals surface area (Å²) in [5.41, 5.74) is -0.230. The van der Waals surface area contributed by atoms with E-state index in [0.29, 0.717) is 0 Å². The summed E-state index contributed by atoms with van der Waals surface area (Å²) < 4.78 is 24.7. The number of carbonyl (C=O) groups is 1. The van der Waals surface area contributed by atoms with E-state index in [2.05, 4.69) is 15.5 Å². The molecule has 1 amide bonds. The van der Waals surface area contributed by atoms with Crippen molar-refractivity contribution >= 4 is 49.5 Å². The van der Waals surface area contributed by atoms with E-state index in [0.717, 1.165) is 23.5 Å². The zero-order valence-corrected chi connectivity index (χ0v) is 16.3. The number of carbonyl (C=O) groups excluding carboxylic acids is 1. The summed E-state index contributed by atoms with van der Waals surface area (Å²) in [5, 5.41) is 20.9. The number of sulfone groups is 1. The number of nitrogens with zero attached hydrogens (tertiary/aromatic N) is 3. The normalized spacial score (nSPS) is 11.2. The number of anilines is 1. The Morgan fingerprint density at radius 1 is 1.18 bits per heavy atom. The molecule has 1 aromatic heterocycles. The van der Waals surface area contributed by atoms with Crippen LogP contribution in [-0.4, -0.2) is 29.4 Å². The molecule has 1 N–H and O–H groups in total. The van der Waals surface area contributed by atoms with Gasteiger partial charge in [0.15, 0.2) is 9.84 Å². The van der Waals surface area contributed by atoms with Crippen LogP contribution in [0.3, 0.4) is 0 Å². The first kappa shape index (κ1) is 19.9. The number of nitro groups is 1. The van der Waals surface area contributed by atoms with E-state index in [1.165, 1.54) is 18.2 Å². The third-order valence-corrected chi connectivity index (χ3v) is 6.49. The Balaban J connectivity index is 1.73. The molecular formula is C16H11ClN4O5S2. The SMILES string of the molecule is O=C(Nc1nnc(CS(=O)(=O)c2ccccc2)s1)c1ccc([N+](=O)[O-])cc1Cl. The molecule has 2 aromatic carbocycles. The molecule has 0 unspecified atom stereocenters. The molecule has 28 heavy (non-hydrogen) atoms. The summed E-state index contributed by atoms with van der Waals surface area (Å²) in [5.74, 6) is -1.00. The van der Waals surface area contributed by atoms with Crippen molar-refractivity contribution in [2.75, 3.05) is 5.32 Å². The summed E-state index contributed by atoms with van der Waals surface area (Å²) in [4.78, 5) is 22.5. The summed E-state index contributed by atoms with van der Waals surface area (Å²) in [7, 11) is -3.59. The molecule has 0 spiro atoms. The van der Waals surface area contributed by atoms with E-state index in [-0.39, 0.29) is 37.1 Å². The van der Waals surface area contributed by atoms with Crippen molar-refractivity contribution < 1.29 is 18.1 Å². The Hall–Kier alpha value is -2.89. The van der Waals surface area contributed by atoms with Gasteiger partial charge in [-0.3, -0.25) is 20.2 Å². The number of amides is 1. The molecule has 1 heterocycles. The molecule has 0 radical (unpaired) electrons. The van der Waals surface area contributed by atoms with E-state index in [1.807, 2.05) is 0 Å². The van der Waals surface area contributed by atoms with Crippen molar-refractivity contribution in [1.29, 1.82) is 0 Å². The summed E-state index contributed by atoms with van der Waals surface area (Å²) in [6, 6.07) is 11.3. The number of hydrogen-bond acceptors (Lipinski definition) is 8. The van der Waals surface area contributed by atoms with Crippen molar-refractivity contribution in [2.45, 2.75) is 10.6 Å². The highest BCUT2D eigenvalue weighted by molar-refractivity contribution is 7.90. The molecule has 3 rings (SSSR count). The zero-order valence-electron chi connectivity index (χ0n) is 13.9. The molecule has 0 aliphatic rings. The van der Waals surface area contributed by atoms with Crippen LogP contribution in [-0.2, 0) is 15.6 Å². The summed E-state index contributed by atoms with van der Waals surface area (Å²) in [6.07, 6.45) is 0. The minimum absolute atomic E-state index is 0.0147. The second-order valence-corrected chi connectivity index (χ2v) is 8.91. The lowest BCUT2D eigenvalue weighted by molar-refractivity contribution is -0.384. The van der Waals surface area contributed by atoms with Crippen molar-refractivity contribution in [3.05, 3.63) is 74.2 Å². The minimum atomic E-state index is -3.59. The first-order valence-corrected chi connectivity index (χ1v) is 10.5. The van der Waals surface area contributed by atoms with Crippen LogP contribution < -0.4 is 5.32 Å². The Morgan fingerprint density at radius 2 is 1.89 bits per heavy atom. The van der Waals surface area contributed by atoms with Gasteiger partial charge in [-0.2, -0.15) is 0 Å². The number of nitrogens with one attached hydrogen (secondary N) is 1. The van der Waals surface area contributed by atoms with Crippen molar-refractivity contribution in [2.24, 2.45) is 0 Å². The van der Waals surface area contributed by atoms with Gasteiger partial charge in [-0.25, -0.2) is 8.42 Å². The van der Waals surface area contributed by atoms with E-state index in [4.69, 9.17) is 11.6 Å². The van der Waals surface area contributed by atoms with E-state index in [9.17, 15) is 23.3 Å². The third kappa shape index (κ3) is 4.50. The summed E-state index contributed by atoms with van der Waals surface area (Å²) in [6.45, 7) is 0. The van der Waals surface area contributed by atoms with Crippen LogP contribution in [0.4, 0.5) is 10.8 Å². The lowest BCUT2D eigenvalue weighted by atomic mass is 10.2. The number of hydrogen-bond donors (Lipinski definition) is 1. The molecule has 0 bridgehead atoms. The van der Waals surface area contributed by atoms with Crippen molar-refractivity contribution in [1.82, 2.24) is 10.2 Å². The van der Waals surface area contributed by atoms with Crippen LogP contribution in [0.2, 0.25) is 5.02 Å².